The highest BCUT2D eigenvalue weighted by Gasteiger charge is 2.24. The van der Waals surface area contributed by atoms with Crippen LogP contribution in [0.1, 0.15) is 34.3 Å². The monoisotopic (exact) mass is 266 g/mol. The molecule has 0 aromatic carbocycles. The van der Waals surface area contributed by atoms with Crippen molar-refractivity contribution in [1.29, 1.82) is 0 Å². The largest absolute Gasteiger partial charge is 0.347 e. The molecule has 5 heteroatoms. The smallest absolute Gasteiger partial charge is 0.261 e. The fourth-order valence-corrected chi connectivity index (χ4v) is 2.93. The average Bonchev–Trinajstić information content (AvgIpc) is 2.82. The van der Waals surface area contributed by atoms with Crippen molar-refractivity contribution in [2.75, 3.05) is 13.6 Å². The molecule has 1 fully saturated rings. The molecule has 1 N–H and O–H groups in total. The van der Waals surface area contributed by atoms with E-state index in [2.05, 4.69) is 12.2 Å². The Balaban J connectivity index is 1.93. The number of carbonyl (C=O) groups excluding carboxylic acids is 2. The Morgan fingerprint density at radius 3 is 2.94 bits per heavy atom. The van der Waals surface area contributed by atoms with Gasteiger partial charge in [-0.1, -0.05) is 6.92 Å². The first-order chi connectivity index (χ1) is 8.60. The van der Waals surface area contributed by atoms with Gasteiger partial charge in [0, 0.05) is 30.9 Å². The molecule has 1 aliphatic heterocycles. The molecule has 18 heavy (non-hydrogen) atoms. The van der Waals surface area contributed by atoms with Crippen LogP contribution in [0.2, 0.25) is 0 Å². The molecular formula is C13H18N2O2S. The maximum Gasteiger partial charge on any atom is 0.261 e. The first-order valence-corrected chi connectivity index (χ1v) is 7.05. The molecule has 0 spiro atoms. The number of rotatable bonds is 3. The third-order valence-corrected chi connectivity index (χ3v) is 4.42. The van der Waals surface area contributed by atoms with E-state index in [0.29, 0.717) is 13.0 Å². The van der Waals surface area contributed by atoms with Crippen LogP contribution in [0.3, 0.4) is 0 Å². The Bertz CT molecular complexity index is 456. The van der Waals surface area contributed by atoms with Crippen LogP contribution in [-0.4, -0.2) is 36.3 Å². The van der Waals surface area contributed by atoms with E-state index in [4.69, 9.17) is 0 Å². The standard InChI is InChI=1S/C13H18N2O2S/c1-3-10-5-6-11(18-10)13(17)14-9-4-7-12(16)15(2)8-9/h5-6,9H,3-4,7-8H2,1-2H3,(H,14,17). The lowest BCUT2D eigenvalue weighted by Crippen LogP contribution is -2.48. The molecule has 1 aromatic rings. The van der Waals surface area contributed by atoms with Gasteiger partial charge >= 0.3 is 0 Å². The number of likely N-dealkylation sites (N-methyl/N-ethyl adjacent to an activating group) is 1. The number of thiophene rings is 1. The van der Waals surface area contributed by atoms with Crippen LogP contribution in [0, 0.1) is 0 Å². The summed E-state index contributed by atoms with van der Waals surface area (Å²) >= 11 is 1.54. The van der Waals surface area contributed by atoms with Crippen LogP contribution in [0.5, 0.6) is 0 Å². The molecule has 0 radical (unpaired) electrons. The minimum Gasteiger partial charge on any atom is -0.347 e. The third-order valence-electron chi connectivity index (χ3n) is 3.20. The number of aryl methyl sites for hydroxylation is 1. The van der Waals surface area contributed by atoms with E-state index in [-0.39, 0.29) is 17.9 Å². The van der Waals surface area contributed by atoms with Crippen molar-refractivity contribution in [2.24, 2.45) is 0 Å². The highest BCUT2D eigenvalue weighted by molar-refractivity contribution is 7.14. The SMILES string of the molecule is CCc1ccc(C(=O)NC2CCC(=O)N(C)C2)s1. The lowest BCUT2D eigenvalue weighted by molar-refractivity contribution is -0.132. The van der Waals surface area contributed by atoms with Crippen LogP contribution in [0.25, 0.3) is 0 Å². The van der Waals surface area contributed by atoms with Crippen molar-refractivity contribution in [1.82, 2.24) is 10.2 Å². The number of likely N-dealkylation sites (tertiary alicyclic amines) is 1. The molecule has 1 aromatic heterocycles. The van der Waals surface area contributed by atoms with Crippen molar-refractivity contribution >= 4 is 23.2 Å². The van der Waals surface area contributed by atoms with E-state index in [1.807, 2.05) is 12.1 Å². The Morgan fingerprint density at radius 1 is 1.56 bits per heavy atom. The van der Waals surface area contributed by atoms with Gasteiger partial charge in [-0.2, -0.15) is 0 Å². The molecule has 98 valence electrons. The summed E-state index contributed by atoms with van der Waals surface area (Å²) in [6, 6.07) is 3.94. The predicted molar refractivity (Wildman–Crippen MR) is 71.8 cm³/mol. The van der Waals surface area contributed by atoms with E-state index < -0.39 is 0 Å². The Morgan fingerprint density at radius 2 is 2.33 bits per heavy atom. The number of hydrogen-bond donors (Lipinski definition) is 1. The first-order valence-electron chi connectivity index (χ1n) is 6.23. The van der Waals surface area contributed by atoms with Gasteiger partial charge in [-0.15, -0.1) is 11.3 Å². The second kappa shape index (κ2) is 5.52. The van der Waals surface area contributed by atoms with Gasteiger partial charge in [0.25, 0.3) is 5.91 Å². The van der Waals surface area contributed by atoms with E-state index in [1.165, 1.54) is 16.2 Å². The number of nitrogens with zero attached hydrogens (tertiary/aromatic N) is 1. The van der Waals surface area contributed by atoms with Gasteiger partial charge in [0.1, 0.15) is 0 Å². The summed E-state index contributed by atoms with van der Waals surface area (Å²) in [6.45, 7) is 2.69. The first kappa shape index (κ1) is 13.1. The summed E-state index contributed by atoms with van der Waals surface area (Å²) in [4.78, 5) is 27.0. The zero-order chi connectivity index (χ0) is 13.1. The summed E-state index contributed by atoms with van der Waals surface area (Å²) in [5.74, 6) is 0.136. The van der Waals surface area contributed by atoms with E-state index in [0.717, 1.165) is 17.7 Å². The van der Waals surface area contributed by atoms with Gasteiger partial charge in [0.2, 0.25) is 5.91 Å². The molecule has 1 aliphatic rings. The molecule has 1 unspecified atom stereocenters. The number of carbonyl (C=O) groups is 2. The summed E-state index contributed by atoms with van der Waals surface area (Å²) in [6.07, 6.45) is 2.21. The van der Waals surface area contributed by atoms with Crippen molar-refractivity contribution in [3.8, 4) is 0 Å². The zero-order valence-corrected chi connectivity index (χ0v) is 11.5. The van der Waals surface area contributed by atoms with Crippen molar-refractivity contribution < 1.29 is 9.59 Å². The lowest BCUT2D eigenvalue weighted by atomic mass is 10.1. The predicted octanol–water partition coefficient (Wildman–Crippen LogP) is 1.66. The Kier molecular flexibility index (Phi) is 4.01. The zero-order valence-electron chi connectivity index (χ0n) is 10.7. The normalized spacial score (nSPS) is 20.0. The van der Waals surface area contributed by atoms with E-state index >= 15 is 0 Å². The summed E-state index contributed by atoms with van der Waals surface area (Å²) in [5, 5.41) is 3.00. The minimum atomic E-state index is -0.0209. The van der Waals surface area contributed by atoms with Gasteiger partial charge in [-0.3, -0.25) is 9.59 Å². The number of piperidine rings is 1. The maximum absolute atomic E-state index is 12.0. The fourth-order valence-electron chi connectivity index (χ4n) is 2.08. The van der Waals surface area contributed by atoms with Gasteiger partial charge in [0.05, 0.1) is 4.88 Å². The molecule has 1 atom stereocenters. The summed E-state index contributed by atoms with van der Waals surface area (Å²) < 4.78 is 0. The van der Waals surface area contributed by atoms with Crippen LogP contribution < -0.4 is 5.32 Å². The third kappa shape index (κ3) is 2.90. The quantitative estimate of drug-likeness (QED) is 0.904. The lowest BCUT2D eigenvalue weighted by Gasteiger charge is -2.29. The average molecular weight is 266 g/mol. The molecule has 2 amide bonds. The van der Waals surface area contributed by atoms with Crippen LogP contribution >= 0.6 is 11.3 Å². The molecule has 4 nitrogen and oxygen atoms in total. The highest BCUT2D eigenvalue weighted by Crippen LogP contribution is 2.17. The van der Waals surface area contributed by atoms with Crippen molar-refractivity contribution in [2.45, 2.75) is 32.2 Å². The van der Waals surface area contributed by atoms with Crippen molar-refractivity contribution in [3.05, 3.63) is 21.9 Å². The van der Waals surface area contributed by atoms with Crippen molar-refractivity contribution in [3.63, 3.8) is 0 Å². The van der Waals surface area contributed by atoms with Gasteiger partial charge in [-0.25, -0.2) is 0 Å². The number of nitrogens with one attached hydrogen (secondary N) is 1. The second-order valence-electron chi connectivity index (χ2n) is 4.60. The van der Waals surface area contributed by atoms with E-state index in [1.54, 1.807) is 11.9 Å². The van der Waals surface area contributed by atoms with Gasteiger partial charge in [-0.05, 0) is 25.0 Å². The molecule has 0 bridgehead atoms. The Hall–Kier alpha value is -1.36. The fraction of sp³-hybridized carbons (Fsp3) is 0.538. The maximum atomic E-state index is 12.0. The topological polar surface area (TPSA) is 49.4 Å². The van der Waals surface area contributed by atoms with Crippen LogP contribution in [0.15, 0.2) is 12.1 Å². The molecule has 0 aliphatic carbocycles. The molecule has 1 saturated heterocycles. The van der Waals surface area contributed by atoms with Gasteiger partial charge < -0.3 is 10.2 Å². The summed E-state index contributed by atoms with van der Waals surface area (Å²) in [5.41, 5.74) is 0. The second-order valence-corrected chi connectivity index (χ2v) is 5.77. The van der Waals surface area contributed by atoms with E-state index in [9.17, 15) is 9.59 Å². The number of amides is 2. The number of hydrogen-bond acceptors (Lipinski definition) is 3. The minimum absolute atomic E-state index is 0.0209. The van der Waals surface area contributed by atoms with Crippen LogP contribution in [0.4, 0.5) is 0 Å². The molecular weight excluding hydrogens is 248 g/mol. The molecule has 2 rings (SSSR count). The summed E-state index contributed by atoms with van der Waals surface area (Å²) in [7, 11) is 1.78. The highest BCUT2D eigenvalue weighted by atomic mass is 32.1. The molecule has 0 saturated carbocycles. The Labute approximate surface area is 111 Å². The van der Waals surface area contributed by atoms with Crippen LogP contribution in [-0.2, 0) is 11.2 Å². The molecule has 2 heterocycles. The van der Waals surface area contributed by atoms with Gasteiger partial charge in [0.15, 0.2) is 0 Å².